The first-order valence-electron chi connectivity index (χ1n) is 8.70. The minimum absolute atomic E-state index is 0.295. The zero-order valence-electron chi connectivity index (χ0n) is 15.7. The van der Waals surface area contributed by atoms with Crippen LogP contribution in [0.25, 0.3) is 22.2 Å². The summed E-state index contributed by atoms with van der Waals surface area (Å²) in [6.07, 6.45) is 0. The number of carbonyl (C=O) groups excluding carboxylic acids is 1. The molecule has 146 valence electrons. The van der Waals surface area contributed by atoms with Gasteiger partial charge in [-0.15, -0.1) is 11.3 Å². The van der Waals surface area contributed by atoms with E-state index in [1.807, 2.05) is 23.6 Å². The third-order valence-electron chi connectivity index (χ3n) is 4.40. The topological polar surface area (TPSA) is 93.3 Å². The van der Waals surface area contributed by atoms with E-state index in [4.69, 9.17) is 9.47 Å². The lowest BCUT2D eigenvalue weighted by molar-refractivity contribution is 0.102. The number of pyridine rings is 1. The third-order valence-corrected chi connectivity index (χ3v) is 5.16. The van der Waals surface area contributed by atoms with E-state index < -0.39 is 5.91 Å². The normalized spacial score (nSPS) is 10.7. The molecule has 2 aromatic carbocycles. The predicted molar refractivity (Wildman–Crippen MR) is 113 cm³/mol. The number of anilines is 1. The van der Waals surface area contributed by atoms with Gasteiger partial charge in [0.1, 0.15) is 11.5 Å². The van der Waals surface area contributed by atoms with Crippen molar-refractivity contribution in [2.24, 2.45) is 0 Å². The maximum Gasteiger partial charge on any atom is 0.258 e. The lowest BCUT2D eigenvalue weighted by Gasteiger charge is -2.08. The number of carbonyl (C=O) groups is 1. The summed E-state index contributed by atoms with van der Waals surface area (Å²) in [6, 6.07) is 13.9. The monoisotopic (exact) mass is 407 g/mol. The van der Waals surface area contributed by atoms with E-state index in [-0.39, 0.29) is 5.56 Å². The van der Waals surface area contributed by atoms with Gasteiger partial charge < -0.3 is 14.5 Å². The van der Waals surface area contributed by atoms with Gasteiger partial charge in [-0.3, -0.25) is 14.9 Å². The summed E-state index contributed by atoms with van der Waals surface area (Å²) in [5, 5.41) is 5.70. The molecule has 0 aliphatic rings. The molecule has 0 spiro atoms. The van der Waals surface area contributed by atoms with Crippen LogP contribution in [0.3, 0.4) is 0 Å². The van der Waals surface area contributed by atoms with Crippen LogP contribution in [0.2, 0.25) is 0 Å². The number of amides is 1. The number of para-hydroxylation sites is 1. The SMILES string of the molecule is COc1ccc(-c2csc(NC(=O)c3cc(=O)[nH]c4ccccc34)n2)c(OC)c1. The maximum atomic E-state index is 12.8. The molecule has 2 N–H and O–H groups in total. The van der Waals surface area contributed by atoms with Gasteiger partial charge in [-0.2, -0.15) is 0 Å². The van der Waals surface area contributed by atoms with Crippen LogP contribution in [0, 0.1) is 0 Å². The fourth-order valence-electron chi connectivity index (χ4n) is 3.02. The van der Waals surface area contributed by atoms with Crippen molar-refractivity contribution in [1.82, 2.24) is 9.97 Å². The van der Waals surface area contributed by atoms with Gasteiger partial charge in [-0.1, -0.05) is 18.2 Å². The molecule has 2 aromatic heterocycles. The molecule has 0 radical (unpaired) electrons. The molecule has 1 amide bonds. The van der Waals surface area contributed by atoms with Gasteiger partial charge in [0.15, 0.2) is 5.13 Å². The number of hydrogen-bond acceptors (Lipinski definition) is 6. The summed E-state index contributed by atoms with van der Waals surface area (Å²) in [4.78, 5) is 31.9. The Morgan fingerprint density at radius 1 is 1.10 bits per heavy atom. The van der Waals surface area contributed by atoms with E-state index in [0.29, 0.717) is 38.8 Å². The first-order chi connectivity index (χ1) is 14.1. The van der Waals surface area contributed by atoms with Crippen molar-refractivity contribution in [2.75, 3.05) is 19.5 Å². The fourth-order valence-corrected chi connectivity index (χ4v) is 3.73. The molecule has 29 heavy (non-hydrogen) atoms. The highest BCUT2D eigenvalue weighted by atomic mass is 32.1. The molecular formula is C21H17N3O4S. The van der Waals surface area contributed by atoms with Crippen LogP contribution in [-0.4, -0.2) is 30.1 Å². The number of H-pyrrole nitrogens is 1. The highest BCUT2D eigenvalue weighted by Gasteiger charge is 2.16. The van der Waals surface area contributed by atoms with Gasteiger partial charge in [-0.05, 0) is 18.2 Å². The Hall–Kier alpha value is -3.65. The van der Waals surface area contributed by atoms with Crippen molar-refractivity contribution in [3.05, 3.63) is 69.8 Å². The fraction of sp³-hybridized carbons (Fsp3) is 0.0952. The van der Waals surface area contributed by atoms with Crippen LogP contribution >= 0.6 is 11.3 Å². The summed E-state index contributed by atoms with van der Waals surface area (Å²) in [5.74, 6) is 0.901. The quantitative estimate of drug-likeness (QED) is 0.523. The van der Waals surface area contributed by atoms with Gasteiger partial charge in [0.25, 0.3) is 5.91 Å². The first-order valence-corrected chi connectivity index (χ1v) is 9.58. The number of nitrogens with zero attached hydrogens (tertiary/aromatic N) is 1. The lowest BCUT2D eigenvalue weighted by atomic mass is 10.1. The van der Waals surface area contributed by atoms with Crippen molar-refractivity contribution in [3.63, 3.8) is 0 Å². The predicted octanol–water partition coefficient (Wildman–Crippen LogP) is 3.92. The highest BCUT2D eigenvalue weighted by Crippen LogP contribution is 2.35. The van der Waals surface area contributed by atoms with Crippen molar-refractivity contribution in [2.45, 2.75) is 0 Å². The van der Waals surface area contributed by atoms with E-state index in [9.17, 15) is 9.59 Å². The molecule has 0 fully saturated rings. The summed E-state index contributed by atoms with van der Waals surface area (Å²) in [6.45, 7) is 0. The minimum Gasteiger partial charge on any atom is -0.497 e. The number of aromatic amines is 1. The molecule has 0 saturated heterocycles. The molecule has 0 atom stereocenters. The van der Waals surface area contributed by atoms with Crippen molar-refractivity contribution in [1.29, 1.82) is 0 Å². The second kappa shape index (κ2) is 7.76. The third kappa shape index (κ3) is 3.70. The Morgan fingerprint density at radius 3 is 2.72 bits per heavy atom. The van der Waals surface area contributed by atoms with E-state index >= 15 is 0 Å². The van der Waals surface area contributed by atoms with Crippen LogP contribution in [0.4, 0.5) is 5.13 Å². The zero-order valence-corrected chi connectivity index (χ0v) is 16.5. The minimum atomic E-state index is -0.394. The Morgan fingerprint density at radius 2 is 1.93 bits per heavy atom. The average Bonchev–Trinajstić information content (AvgIpc) is 3.20. The van der Waals surface area contributed by atoms with E-state index in [1.165, 1.54) is 17.4 Å². The van der Waals surface area contributed by atoms with Gasteiger partial charge in [0.05, 0.1) is 25.5 Å². The van der Waals surface area contributed by atoms with E-state index in [0.717, 1.165) is 5.56 Å². The summed E-state index contributed by atoms with van der Waals surface area (Å²) < 4.78 is 10.6. The smallest absolute Gasteiger partial charge is 0.258 e. The number of benzene rings is 2. The molecule has 4 aromatic rings. The van der Waals surface area contributed by atoms with Crippen molar-refractivity contribution < 1.29 is 14.3 Å². The van der Waals surface area contributed by atoms with Crippen LogP contribution in [0.5, 0.6) is 11.5 Å². The van der Waals surface area contributed by atoms with Crippen molar-refractivity contribution in [3.8, 4) is 22.8 Å². The molecule has 0 aliphatic heterocycles. The second-order valence-corrected chi connectivity index (χ2v) is 7.01. The molecular weight excluding hydrogens is 390 g/mol. The molecule has 7 nitrogen and oxygen atoms in total. The van der Waals surface area contributed by atoms with Crippen LogP contribution in [0.15, 0.2) is 58.7 Å². The molecule has 0 saturated carbocycles. The number of fused-ring (bicyclic) bond motifs is 1. The Labute approximate surface area is 170 Å². The van der Waals surface area contributed by atoms with E-state index in [1.54, 1.807) is 38.5 Å². The lowest BCUT2D eigenvalue weighted by Crippen LogP contribution is -2.16. The van der Waals surface area contributed by atoms with Crippen LogP contribution < -0.4 is 20.3 Å². The van der Waals surface area contributed by atoms with Crippen LogP contribution in [-0.2, 0) is 0 Å². The number of ether oxygens (including phenoxy) is 2. The largest absolute Gasteiger partial charge is 0.497 e. The van der Waals surface area contributed by atoms with E-state index in [2.05, 4.69) is 15.3 Å². The number of thiazole rings is 1. The first kappa shape index (κ1) is 18.7. The zero-order chi connectivity index (χ0) is 20.4. The molecule has 0 unspecified atom stereocenters. The van der Waals surface area contributed by atoms with Gasteiger partial charge in [0.2, 0.25) is 5.56 Å². The Balaban J connectivity index is 1.64. The van der Waals surface area contributed by atoms with Crippen molar-refractivity contribution >= 4 is 33.3 Å². The maximum absolute atomic E-state index is 12.8. The summed E-state index contributed by atoms with van der Waals surface area (Å²) in [5.41, 5.74) is 2.01. The molecule has 8 heteroatoms. The Bertz CT molecular complexity index is 1260. The second-order valence-electron chi connectivity index (χ2n) is 6.15. The van der Waals surface area contributed by atoms with Gasteiger partial charge in [-0.25, -0.2) is 4.98 Å². The van der Waals surface area contributed by atoms with Gasteiger partial charge in [0, 0.05) is 34.0 Å². The number of methoxy groups -OCH3 is 2. The molecule has 0 bridgehead atoms. The number of aromatic nitrogens is 2. The molecule has 4 rings (SSSR count). The molecule has 0 aliphatic carbocycles. The van der Waals surface area contributed by atoms with Gasteiger partial charge >= 0.3 is 0 Å². The number of hydrogen-bond donors (Lipinski definition) is 2. The summed E-state index contributed by atoms with van der Waals surface area (Å²) >= 11 is 1.29. The molecule has 2 heterocycles. The Kier molecular flexibility index (Phi) is 5.01. The number of nitrogens with one attached hydrogen (secondary N) is 2. The summed E-state index contributed by atoms with van der Waals surface area (Å²) in [7, 11) is 3.16. The van der Waals surface area contributed by atoms with Crippen LogP contribution in [0.1, 0.15) is 10.4 Å². The standard InChI is InChI=1S/C21H17N3O4S/c1-27-12-7-8-14(18(9-12)28-2)17-11-29-21(23-17)24-20(26)15-10-19(25)22-16-6-4-3-5-13(15)16/h3-11H,1-2H3,(H,22,25)(H,23,24,26). The number of rotatable bonds is 5. The highest BCUT2D eigenvalue weighted by molar-refractivity contribution is 7.14. The average molecular weight is 407 g/mol.